The minimum absolute atomic E-state index is 0.000396. The number of halogens is 3. The Hall–Kier alpha value is -3.50. The molecule has 0 saturated carbocycles. The normalized spacial score (nSPS) is 17.3. The Labute approximate surface area is 162 Å². The van der Waals surface area contributed by atoms with Gasteiger partial charge in [-0.15, -0.1) is 0 Å². The average Bonchev–Trinajstić information content (AvgIpc) is 3.26. The maximum atomic E-state index is 12.8. The molecule has 2 N–H and O–H groups in total. The van der Waals surface area contributed by atoms with Crippen LogP contribution in [0.4, 0.5) is 19.0 Å². The maximum Gasteiger partial charge on any atom is 0.416 e. The Morgan fingerprint density at radius 2 is 2.03 bits per heavy atom. The topological polar surface area (TPSA) is 104 Å². The highest BCUT2D eigenvalue weighted by Gasteiger charge is 2.39. The number of likely N-dealkylation sites (tertiary alicyclic amines) is 1. The van der Waals surface area contributed by atoms with Gasteiger partial charge in [-0.05, 0) is 18.1 Å². The second kappa shape index (κ2) is 7.15. The van der Waals surface area contributed by atoms with Gasteiger partial charge in [0.25, 0.3) is 5.91 Å². The van der Waals surface area contributed by atoms with Crippen LogP contribution in [0.1, 0.15) is 17.5 Å². The number of fused-ring (bicyclic) bond motifs is 1. The fourth-order valence-corrected chi connectivity index (χ4v) is 3.21. The molecule has 0 aliphatic carbocycles. The SMILES string of the molecule is O=C1C[C@H](Nc2ncnc3nc[nH]c23)C(=O)N1CCc1cccc(C(F)(F)F)c1. The lowest BCUT2D eigenvalue weighted by Gasteiger charge is -2.16. The van der Waals surface area contributed by atoms with Crippen molar-refractivity contribution in [2.45, 2.75) is 25.1 Å². The maximum absolute atomic E-state index is 12.8. The summed E-state index contributed by atoms with van der Waals surface area (Å²) in [6, 6.07) is 4.03. The van der Waals surface area contributed by atoms with E-state index in [4.69, 9.17) is 0 Å². The number of nitrogens with one attached hydrogen (secondary N) is 2. The molecule has 1 atom stereocenters. The number of imidazole rings is 1. The number of H-pyrrole nitrogens is 1. The summed E-state index contributed by atoms with van der Waals surface area (Å²) >= 11 is 0. The van der Waals surface area contributed by atoms with Crippen LogP contribution in [0, 0.1) is 0 Å². The summed E-state index contributed by atoms with van der Waals surface area (Å²) in [5.74, 6) is -0.499. The van der Waals surface area contributed by atoms with Crippen LogP contribution in [-0.4, -0.2) is 49.2 Å². The lowest BCUT2D eigenvalue weighted by atomic mass is 10.1. The van der Waals surface area contributed by atoms with Crippen LogP contribution < -0.4 is 5.32 Å². The third-order valence-electron chi connectivity index (χ3n) is 4.66. The molecule has 29 heavy (non-hydrogen) atoms. The van der Waals surface area contributed by atoms with E-state index in [1.54, 1.807) is 0 Å². The Bertz CT molecular complexity index is 1080. The van der Waals surface area contributed by atoms with Crippen molar-refractivity contribution in [2.75, 3.05) is 11.9 Å². The number of hydrogen-bond acceptors (Lipinski definition) is 6. The Kier molecular flexibility index (Phi) is 4.65. The van der Waals surface area contributed by atoms with Crippen molar-refractivity contribution in [1.29, 1.82) is 0 Å². The van der Waals surface area contributed by atoms with Gasteiger partial charge in [-0.3, -0.25) is 14.5 Å². The number of rotatable bonds is 5. The third kappa shape index (κ3) is 3.75. The van der Waals surface area contributed by atoms with Crippen molar-refractivity contribution in [3.05, 3.63) is 48.0 Å². The predicted octanol–water partition coefficient (Wildman–Crippen LogP) is 2.15. The lowest BCUT2D eigenvalue weighted by molar-refractivity contribution is -0.139. The molecule has 0 spiro atoms. The van der Waals surface area contributed by atoms with E-state index >= 15 is 0 Å². The summed E-state index contributed by atoms with van der Waals surface area (Å²) in [5, 5.41) is 2.92. The summed E-state index contributed by atoms with van der Waals surface area (Å²) < 4.78 is 38.5. The zero-order valence-corrected chi connectivity index (χ0v) is 14.9. The van der Waals surface area contributed by atoms with Crippen LogP contribution in [0.2, 0.25) is 0 Å². The summed E-state index contributed by atoms with van der Waals surface area (Å²) in [4.78, 5) is 40.9. The molecule has 8 nitrogen and oxygen atoms in total. The molecule has 1 aliphatic heterocycles. The van der Waals surface area contributed by atoms with Gasteiger partial charge >= 0.3 is 6.18 Å². The number of alkyl halides is 3. The van der Waals surface area contributed by atoms with Crippen molar-refractivity contribution >= 4 is 28.8 Å². The van der Waals surface area contributed by atoms with E-state index in [0.717, 1.165) is 17.0 Å². The molecular formula is C18H15F3N6O2. The number of amides is 2. The van der Waals surface area contributed by atoms with Gasteiger partial charge < -0.3 is 10.3 Å². The second-order valence-corrected chi connectivity index (χ2v) is 6.56. The van der Waals surface area contributed by atoms with Crippen molar-refractivity contribution < 1.29 is 22.8 Å². The van der Waals surface area contributed by atoms with E-state index in [1.807, 2.05) is 0 Å². The molecule has 0 radical (unpaired) electrons. The summed E-state index contributed by atoms with van der Waals surface area (Å²) in [5.41, 5.74) is 0.559. The molecule has 1 fully saturated rings. The number of hydrogen-bond donors (Lipinski definition) is 2. The van der Waals surface area contributed by atoms with Crippen LogP contribution in [0.5, 0.6) is 0 Å². The van der Waals surface area contributed by atoms with Crippen LogP contribution >= 0.6 is 0 Å². The predicted molar refractivity (Wildman–Crippen MR) is 95.6 cm³/mol. The first-order valence-corrected chi connectivity index (χ1v) is 8.74. The van der Waals surface area contributed by atoms with Gasteiger partial charge in [-0.25, -0.2) is 15.0 Å². The van der Waals surface area contributed by atoms with E-state index in [1.165, 1.54) is 24.8 Å². The monoisotopic (exact) mass is 404 g/mol. The molecule has 3 aromatic rings. The number of carbonyl (C=O) groups is 2. The van der Waals surface area contributed by atoms with Crippen LogP contribution in [0.15, 0.2) is 36.9 Å². The van der Waals surface area contributed by atoms with Crippen molar-refractivity contribution in [3.63, 3.8) is 0 Å². The van der Waals surface area contributed by atoms with Gasteiger partial charge in [0.15, 0.2) is 11.5 Å². The first-order chi connectivity index (χ1) is 13.8. The molecule has 0 bridgehead atoms. The highest BCUT2D eigenvalue weighted by Crippen LogP contribution is 2.30. The molecular weight excluding hydrogens is 389 g/mol. The molecule has 2 amide bonds. The fraction of sp³-hybridized carbons (Fsp3) is 0.278. The molecule has 1 aromatic carbocycles. The number of nitrogens with zero attached hydrogens (tertiary/aromatic N) is 4. The first kappa shape index (κ1) is 18.8. The molecule has 1 saturated heterocycles. The number of benzene rings is 1. The summed E-state index contributed by atoms with van der Waals surface area (Å²) in [7, 11) is 0. The van der Waals surface area contributed by atoms with Gasteiger partial charge in [-0.2, -0.15) is 13.2 Å². The standard InChI is InChI=1S/C18H15F3N6O2/c19-18(20,21)11-3-1-2-10(6-11)4-5-27-13(28)7-12(17(27)29)26-16-14-15(23-8-22-14)24-9-25-16/h1-3,6,8-9,12H,4-5,7H2,(H2,22,23,24,25,26)/t12-/m0/s1. The van der Waals surface area contributed by atoms with Crippen molar-refractivity contribution in [3.8, 4) is 0 Å². The lowest BCUT2D eigenvalue weighted by Crippen LogP contribution is -2.36. The Balaban J connectivity index is 1.44. The Morgan fingerprint density at radius 1 is 1.21 bits per heavy atom. The Morgan fingerprint density at radius 3 is 2.83 bits per heavy atom. The summed E-state index contributed by atoms with van der Waals surface area (Å²) in [6.07, 6.45) is -1.65. The highest BCUT2D eigenvalue weighted by molar-refractivity contribution is 6.07. The molecule has 2 aromatic heterocycles. The van der Waals surface area contributed by atoms with E-state index in [9.17, 15) is 22.8 Å². The fourth-order valence-electron chi connectivity index (χ4n) is 3.21. The number of imide groups is 1. The number of aromatic amines is 1. The molecule has 4 rings (SSSR count). The smallest absolute Gasteiger partial charge is 0.356 e. The number of carbonyl (C=O) groups excluding carboxylic acids is 2. The van der Waals surface area contributed by atoms with Crippen LogP contribution in [0.25, 0.3) is 11.2 Å². The van der Waals surface area contributed by atoms with Crippen LogP contribution in [0.3, 0.4) is 0 Å². The second-order valence-electron chi connectivity index (χ2n) is 6.56. The minimum Gasteiger partial charge on any atom is -0.356 e. The molecule has 1 aliphatic rings. The number of anilines is 1. The molecule has 0 unspecified atom stereocenters. The molecule has 150 valence electrons. The molecule has 3 heterocycles. The van der Waals surface area contributed by atoms with Gasteiger partial charge in [0, 0.05) is 6.54 Å². The van der Waals surface area contributed by atoms with Crippen LogP contribution in [-0.2, 0) is 22.2 Å². The van der Waals surface area contributed by atoms with Gasteiger partial charge in [0.2, 0.25) is 5.91 Å². The van der Waals surface area contributed by atoms with E-state index in [0.29, 0.717) is 22.5 Å². The van der Waals surface area contributed by atoms with Crippen molar-refractivity contribution in [1.82, 2.24) is 24.8 Å². The van der Waals surface area contributed by atoms with Gasteiger partial charge in [-0.1, -0.05) is 18.2 Å². The zero-order chi connectivity index (χ0) is 20.6. The number of aromatic nitrogens is 4. The summed E-state index contributed by atoms with van der Waals surface area (Å²) in [6.45, 7) is 0.000396. The zero-order valence-electron chi connectivity index (χ0n) is 14.9. The largest absolute Gasteiger partial charge is 0.416 e. The van der Waals surface area contributed by atoms with E-state index in [2.05, 4.69) is 25.3 Å². The quantitative estimate of drug-likeness (QED) is 0.632. The first-order valence-electron chi connectivity index (χ1n) is 8.74. The average molecular weight is 404 g/mol. The highest BCUT2D eigenvalue weighted by atomic mass is 19.4. The van der Waals surface area contributed by atoms with Gasteiger partial charge in [0.05, 0.1) is 18.3 Å². The third-order valence-corrected chi connectivity index (χ3v) is 4.66. The minimum atomic E-state index is -4.44. The van der Waals surface area contributed by atoms with E-state index < -0.39 is 29.6 Å². The van der Waals surface area contributed by atoms with E-state index in [-0.39, 0.29) is 19.4 Å². The molecule has 11 heteroatoms. The van der Waals surface area contributed by atoms with Crippen molar-refractivity contribution in [2.24, 2.45) is 0 Å². The van der Waals surface area contributed by atoms with Gasteiger partial charge in [0.1, 0.15) is 17.9 Å².